The highest BCUT2D eigenvalue weighted by atomic mass is 16.7. The van der Waals surface area contributed by atoms with Crippen LogP contribution in [-0.4, -0.2) is 43.0 Å². The van der Waals surface area contributed by atoms with E-state index in [2.05, 4.69) is 0 Å². The second-order valence-corrected chi connectivity index (χ2v) is 7.87. The van der Waals surface area contributed by atoms with E-state index in [0.717, 1.165) is 0 Å². The van der Waals surface area contributed by atoms with Crippen LogP contribution in [0.1, 0.15) is 38.0 Å². The average Bonchev–Trinajstić information content (AvgIpc) is 3.17. The van der Waals surface area contributed by atoms with Crippen LogP contribution >= 0.6 is 0 Å². The van der Waals surface area contributed by atoms with Crippen molar-refractivity contribution in [2.75, 3.05) is 6.61 Å². The zero-order chi connectivity index (χ0) is 23.9. The molecule has 3 aromatic rings. The fraction of sp³-hybridized carbons (Fsp3) is 0.222. The zero-order valence-electron chi connectivity index (χ0n) is 18.5. The lowest BCUT2D eigenvalue weighted by atomic mass is 10.0. The molecule has 4 rings (SSSR count). The van der Waals surface area contributed by atoms with Crippen LogP contribution in [0.3, 0.4) is 0 Å². The number of rotatable bonds is 7. The molecule has 0 N–H and O–H groups in total. The van der Waals surface area contributed by atoms with Crippen molar-refractivity contribution in [3.05, 3.63) is 108 Å². The minimum absolute atomic E-state index is 0.176. The van der Waals surface area contributed by atoms with Crippen molar-refractivity contribution in [2.45, 2.75) is 25.4 Å². The van der Waals surface area contributed by atoms with E-state index in [0.29, 0.717) is 16.7 Å². The van der Waals surface area contributed by atoms with Crippen LogP contribution in [0, 0.1) is 5.92 Å². The molecule has 0 bridgehead atoms. The molecule has 4 atom stereocenters. The van der Waals surface area contributed by atoms with Crippen molar-refractivity contribution in [3.63, 3.8) is 0 Å². The van der Waals surface area contributed by atoms with E-state index < -0.39 is 42.3 Å². The Kier molecular flexibility index (Phi) is 7.34. The van der Waals surface area contributed by atoms with Gasteiger partial charge in [-0.2, -0.15) is 0 Å². The average molecular weight is 460 g/mol. The Balaban J connectivity index is 1.47. The predicted octanol–water partition coefficient (Wildman–Crippen LogP) is 4.29. The summed E-state index contributed by atoms with van der Waals surface area (Å²) in [5.41, 5.74) is 1.13. The van der Waals surface area contributed by atoms with E-state index in [-0.39, 0.29) is 6.61 Å². The molecule has 0 aromatic heterocycles. The van der Waals surface area contributed by atoms with Gasteiger partial charge in [-0.05, 0) is 36.4 Å². The summed E-state index contributed by atoms with van der Waals surface area (Å²) in [5, 5.41) is 0. The summed E-state index contributed by atoms with van der Waals surface area (Å²) in [6.07, 6.45) is -2.60. The molecule has 0 unspecified atom stereocenters. The van der Waals surface area contributed by atoms with Crippen molar-refractivity contribution in [1.29, 1.82) is 0 Å². The summed E-state index contributed by atoms with van der Waals surface area (Å²) in [7, 11) is 0. The molecular formula is C27H24O7. The van der Waals surface area contributed by atoms with E-state index in [1.807, 2.05) is 0 Å². The molecule has 0 saturated carbocycles. The fourth-order valence-electron chi connectivity index (χ4n) is 3.65. The van der Waals surface area contributed by atoms with Crippen LogP contribution in [0.2, 0.25) is 0 Å². The molecule has 0 amide bonds. The van der Waals surface area contributed by atoms with E-state index in [4.69, 9.17) is 18.9 Å². The van der Waals surface area contributed by atoms with E-state index in [9.17, 15) is 14.4 Å². The first-order valence-electron chi connectivity index (χ1n) is 10.9. The zero-order valence-corrected chi connectivity index (χ0v) is 18.5. The molecule has 34 heavy (non-hydrogen) atoms. The van der Waals surface area contributed by atoms with Crippen LogP contribution in [0.5, 0.6) is 0 Å². The van der Waals surface area contributed by atoms with Gasteiger partial charge in [0.15, 0.2) is 0 Å². The summed E-state index contributed by atoms with van der Waals surface area (Å²) < 4.78 is 22.6. The van der Waals surface area contributed by atoms with Gasteiger partial charge >= 0.3 is 17.9 Å². The van der Waals surface area contributed by atoms with Crippen LogP contribution in [0.4, 0.5) is 0 Å². The molecule has 0 aliphatic carbocycles. The third kappa shape index (κ3) is 5.50. The Labute approximate surface area is 197 Å². The Hall–Kier alpha value is -3.97. The highest BCUT2D eigenvalue weighted by Gasteiger charge is 2.47. The molecular weight excluding hydrogens is 436 g/mol. The minimum Gasteiger partial charge on any atom is -0.459 e. The Morgan fingerprint density at radius 1 is 0.676 bits per heavy atom. The van der Waals surface area contributed by atoms with Crippen molar-refractivity contribution in [1.82, 2.24) is 0 Å². The highest BCUT2D eigenvalue weighted by Crippen LogP contribution is 2.32. The van der Waals surface area contributed by atoms with Crippen LogP contribution < -0.4 is 0 Å². The standard InChI is InChI=1S/C27H24O7/c1-18-23(33-25(29)20-13-7-3-8-14-20)22(17-31-24(28)19-11-5-2-6-12-19)32-27(18)34-26(30)21-15-9-4-10-16-21/h2-16,18,22-23,27H,17H2,1H3/t18-,22+,23-,27-/m0/s1. The second-order valence-electron chi connectivity index (χ2n) is 7.87. The van der Waals surface area contributed by atoms with Gasteiger partial charge in [-0.3, -0.25) is 0 Å². The van der Waals surface area contributed by atoms with Gasteiger partial charge in [-0.25, -0.2) is 14.4 Å². The highest BCUT2D eigenvalue weighted by molar-refractivity contribution is 5.90. The number of carbonyl (C=O) groups excluding carboxylic acids is 3. The number of ether oxygens (including phenoxy) is 4. The van der Waals surface area contributed by atoms with Gasteiger partial charge in [0.05, 0.1) is 22.6 Å². The molecule has 0 radical (unpaired) electrons. The van der Waals surface area contributed by atoms with Crippen molar-refractivity contribution in [2.24, 2.45) is 5.92 Å². The molecule has 174 valence electrons. The van der Waals surface area contributed by atoms with E-state index in [1.165, 1.54) is 0 Å². The molecule has 1 fully saturated rings. The monoisotopic (exact) mass is 460 g/mol. The number of benzene rings is 3. The number of carbonyl (C=O) groups is 3. The van der Waals surface area contributed by atoms with Crippen molar-refractivity contribution >= 4 is 17.9 Å². The quantitative estimate of drug-likeness (QED) is 0.384. The third-order valence-corrected chi connectivity index (χ3v) is 5.50. The molecule has 1 aliphatic rings. The second kappa shape index (κ2) is 10.8. The lowest BCUT2D eigenvalue weighted by molar-refractivity contribution is -0.125. The smallest absolute Gasteiger partial charge is 0.340 e. The van der Waals surface area contributed by atoms with Gasteiger partial charge in [0.25, 0.3) is 0 Å². The normalized spacial score (nSPS) is 21.4. The molecule has 0 spiro atoms. The summed E-state index contributed by atoms with van der Waals surface area (Å²) in [4.78, 5) is 37.7. The van der Waals surface area contributed by atoms with E-state index >= 15 is 0 Å². The van der Waals surface area contributed by atoms with Crippen molar-refractivity contribution < 1.29 is 33.3 Å². The van der Waals surface area contributed by atoms with Gasteiger partial charge in [0.1, 0.15) is 18.8 Å². The SMILES string of the molecule is C[C@@H]1[C@H](OC(=O)c2ccccc2)O[C@H](COC(=O)c2ccccc2)[C@H]1OC(=O)c1ccccc1. The van der Waals surface area contributed by atoms with Crippen LogP contribution in [0.15, 0.2) is 91.0 Å². The first-order valence-corrected chi connectivity index (χ1v) is 10.9. The maximum absolute atomic E-state index is 12.7. The summed E-state index contributed by atoms with van der Waals surface area (Å²) in [6.45, 7) is 1.58. The summed E-state index contributed by atoms with van der Waals surface area (Å²) in [5.74, 6) is -2.14. The topological polar surface area (TPSA) is 88.1 Å². The molecule has 7 heteroatoms. The van der Waals surface area contributed by atoms with Gasteiger partial charge in [-0.15, -0.1) is 0 Å². The van der Waals surface area contributed by atoms with Crippen LogP contribution in [0.25, 0.3) is 0 Å². The summed E-state index contributed by atoms with van der Waals surface area (Å²) >= 11 is 0. The lowest BCUT2D eigenvalue weighted by Crippen LogP contribution is -2.35. The van der Waals surface area contributed by atoms with Gasteiger partial charge < -0.3 is 18.9 Å². The first kappa shape index (κ1) is 23.2. The number of hydrogen-bond donors (Lipinski definition) is 0. The maximum atomic E-state index is 12.7. The third-order valence-electron chi connectivity index (χ3n) is 5.50. The Morgan fingerprint density at radius 2 is 1.12 bits per heavy atom. The maximum Gasteiger partial charge on any atom is 0.340 e. The minimum atomic E-state index is -0.985. The van der Waals surface area contributed by atoms with E-state index in [1.54, 1.807) is 97.9 Å². The molecule has 1 heterocycles. The molecule has 1 aliphatic heterocycles. The van der Waals surface area contributed by atoms with Gasteiger partial charge in [0, 0.05) is 0 Å². The first-order chi connectivity index (χ1) is 16.5. The predicted molar refractivity (Wildman–Crippen MR) is 122 cm³/mol. The number of hydrogen-bond acceptors (Lipinski definition) is 7. The Bertz CT molecular complexity index is 1120. The largest absolute Gasteiger partial charge is 0.459 e. The van der Waals surface area contributed by atoms with Crippen LogP contribution in [-0.2, 0) is 18.9 Å². The molecule has 3 aromatic carbocycles. The molecule has 7 nitrogen and oxygen atoms in total. The van der Waals surface area contributed by atoms with Gasteiger partial charge in [-0.1, -0.05) is 61.5 Å². The summed E-state index contributed by atoms with van der Waals surface area (Å²) in [6, 6.07) is 25.6. The Morgan fingerprint density at radius 3 is 1.62 bits per heavy atom. The number of esters is 3. The van der Waals surface area contributed by atoms with Crippen molar-refractivity contribution in [3.8, 4) is 0 Å². The lowest BCUT2D eigenvalue weighted by Gasteiger charge is -2.21. The molecule has 1 saturated heterocycles. The van der Waals surface area contributed by atoms with Gasteiger partial charge in [0.2, 0.25) is 6.29 Å². The fourth-order valence-corrected chi connectivity index (χ4v) is 3.65.